The van der Waals surface area contributed by atoms with E-state index in [0.29, 0.717) is 18.3 Å². The maximum absolute atomic E-state index is 11.8. The van der Waals surface area contributed by atoms with E-state index in [2.05, 4.69) is 27.5 Å². The van der Waals surface area contributed by atoms with Crippen molar-refractivity contribution in [3.63, 3.8) is 0 Å². The van der Waals surface area contributed by atoms with Gasteiger partial charge in [-0.25, -0.2) is 9.97 Å². The molecule has 5 nitrogen and oxygen atoms in total. The number of nitrogens with one attached hydrogen (secondary N) is 2. The minimum absolute atomic E-state index is 0.138. The number of unbranched alkanes of at least 4 members (excludes halogenated alkanes) is 2. The van der Waals surface area contributed by atoms with Crippen molar-refractivity contribution in [1.82, 2.24) is 15.3 Å². The number of amides is 1. The molecule has 1 fully saturated rings. The first-order valence-corrected chi connectivity index (χ1v) is 7.66. The summed E-state index contributed by atoms with van der Waals surface area (Å²) >= 11 is 0. The molecule has 0 bridgehead atoms. The van der Waals surface area contributed by atoms with Gasteiger partial charge in [-0.2, -0.15) is 0 Å². The zero-order chi connectivity index (χ0) is 14.2. The van der Waals surface area contributed by atoms with Gasteiger partial charge in [0, 0.05) is 12.6 Å². The van der Waals surface area contributed by atoms with Crippen LogP contribution in [0.5, 0.6) is 0 Å². The zero-order valence-corrected chi connectivity index (χ0v) is 12.2. The van der Waals surface area contributed by atoms with Gasteiger partial charge in [-0.3, -0.25) is 4.79 Å². The molecule has 2 N–H and O–H groups in total. The van der Waals surface area contributed by atoms with Gasteiger partial charge < -0.3 is 10.6 Å². The zero-order valence-electron chi connectivity index (χ0n) is 12.2. The first-order chi connectivity index (χ1) is 9.79. The van der Waals surface area contributed by atoms with Crippen LogP contribution in [-0.2, 0) is 0 Å². The number of hydrogen-bond donors (Lipinski definition) is 2. The molecule has 0 spiro atoms. The molecule has 1 heterocycles. The topological polar surface area (TPSA) is 66.9 Å². The third-order valence-corrected chi connectivity index (χ3v) is 3.66. The summed E-state index contributed by atoms with van der Waals surface area (Å²) in [7, 11) is 0. The fourth-order valence-electron chi connectivity index (χ4n) is 2.47. The van der Waals surface area contributed by atoms with Crippen LogP contribution in [0.2, 0.25) is 0 Å². The fraction of sp³-hybridized carbons (Fsp3) is 0.667. The van der Waals surface area contributed by atoms with E-state index in [1.807, 2.05) is 0 Å². The fourth-order valence-corrected chi connectivity index (χ4v) is 2.47. The SMILES string of the molecule is CCCCCNC(=O)c1cnc(NC2CCCC2)cn1. The van der Waals surface area contributed by atoms with E-state index in [-0.39, 0.29) is 5.91 Å². The van der Waals surface area contributed by atoms with Crippen molar-refractivity contribution in [2.24, 2.45) is 0 Å². The predicted molar refractivity (Wildman–Crippen MR) is 79.8 cm³/mol. The summed E-state index contributed by atoms with van der Waals surface area (Å²) in [5.74, 6) is 0.625. The van der Waals surface area contributed by atoms with Crippen molar-refractivity contribution >= 4 is 11.7 Å². The molecule has 110 valence electrons. The molecule has 20 heavy (non-hydrogen) atoms. The summed E-state index contributed by atoms with van der Waals surface area (Å²) in [6.45, 7) is 2.85. The highest BCUT2D eigenvalue weighted by molar-refractivity contribution is 5.91. The molecular weight excluding hydrogens is 252 g/mol. The Morgan fingerprint density at radius 1 is 1.25 bits per heavy atom. The minimum Gasteiger partial charge on any atom is -0.366 e. The normalized spacial score (nSPS) is 15.2. The van der Waals surface area contributed by atoms with Gasteiger partial charge in [0.05, 0.1) is 12.4 Å². The second-order valence-electron chi connectivity index (χ2n) is 5.38. The van der Waals surface area contributed by atoms with Crippen LogP contribution >= 0.6 is 0 Å². The van der Waals surface area contributed by atoms with E-state index in [1.165, 1.54) is 25.7 Å². The van der Waals surface area contributed by atoms with Crippen molar-refractivity contribution in [2.75, 3.05) is 11.9 Å². The van der Waals surface area contributed by atoms with Crippen molar-refractivity contribution < 1.29 is 4.79 Å². The van der Waals surface area contributed by atoms with Gasteiger partial charge in [-0.1, -0.05) is 32.6 Å². The molecule has 1 aromatic heterocycles. The van der Waals surface area contributed by atoms with Crippen LogP contribution in [0.15, 0.2) is 12.4 Å². The average Bonchev–Trinajstić information content (AvgIpc) is 2.97. The second-order valence-corrected chi connectivity index (χ2v) is 5.38. The van der Waals surface area contributed by atoms with Crippen LogP contribution in [0.4, 0.5) is 5.82 Å². The lowest BCUT2D eigenvalue weighted by molar-refractivity contribution is 0.0947. The summed E-state index contributed by atoms with van der Waals surface area (Å²) < 4.78 is 0. The van der Waals surface area contributed by atoms with Crippen molar-refractivity contribution in [3.8, 4) is 0 Å². The van der Waals surface area contributed by atoms with Crippen LogP contribution in [-0.4, -0.2) is 28.5 Å². The van der Waals surface area contributed by atoms with E-state index in [0.717, 1.165) is 25.1 Å². The van der Waals surface area contributed by atoms with Crippen molar-refractivity contribution in [3.05, 3.63) is 18.1 Å². The molecule has 5 heteroatoms. The second kappa shape index (κ2) is 7.82. The van der Waals surface area contributed by atoms with E-state index in [1.54, 1.807) is 12.4 Å². The van der Waals surface area contributed by atoms with E-state index < -0.39 is 0 Å². The number of carbonyl (C=O) groups is 1. The molecule has 0 aliphatic heterocycles. The number of anilines is 1. The smallest absolute Gasteiger partial charge is 0.271 e. The molecule has 0 atom stereocenters. The predicted octanol–water partition coefficient (Wildman–Crippen LogP) is 2.75. The molecule has 1 amide bonds. The van der Waals surface area contributed by atoms with Crippen molar-refractivity contribution in [2.45, 2.75) is 57.9 Å². The van der Waals surface area contributed by atoms with Crippen LogP contribution in [0.3, 0.4) is 0 Å². The van der Waals surface area contributed by atoms with Crippen LogP contribution < -0.4 is 10.6 Å². The quantitative estimate of drug-likeness (QED) is 0.751. The average molecular weight is 276 g/mol. The van der Waals surface area contributed by atoms with Gasteiger partial charge in [0.25, 0.3) is 5.91 Å². The Hall–Kier alpha value is -1.65. The highest BCUT2D eigenvalue weighted by atomic mass is 16.1. The molecule has 0 aromatic carbocycles. The molecule has 1 aromatic rings. The van der Waals surface area contributed by atoms with Crippen LogP contribution in [0.25, 0.3) is 0 Å². The van der Waals surface area contributed by atoms with Gasteiger partial charge in [-0.15, -0.1) is 0 Å². The summed E-state index contributed by atoms with van der Waals surface area (Å²) in [6.07, 6.45) is 11.4. The lowest BCUT2D eigenvalue weighted by Crippen LogP contribution is -2.25. The monoisotopic (exact) mass is 276 g/mol. The summed E-state index contributed by atoms with van der Waals surface area (Å²) in [5.41, 5.74) is 0.387. The third kappa shape index (κ3) is 4.47. The number of aromatic nitrogens is 2. The number of hydrogen-bond acceptors (Lipinski definition) is 4. The molecule has 2 rings (SSSR count). The number of nitrogens with zero attached hydrogens (tertiary/aromatic N) is 2. The number of rotatable bonds is 7. The Morgan fingerprint density at radius 3 is 2.70 bits per heavy atom. The van der Waals surface area contributed by atoms with E-state index in [9.17, 15) is 4.79 Å². The number of carbonyl (C=O) groups excluding carboxylic acids is 1. The molecule has 1 aliphatic rings. The summed E-state index contributed by atoms with van der Waals surface area (Å²) in [4.78, 5) is 20.3. The Labute approximate surface area is 120 Å². The standard InChI is InChI=1S/C15H24N4O/c1-2-3-6-9-16-15(20)13-10-18-14(11-17-13)19-12-7-4-5-8-12/h10-12H,2-9H2,1H3,(H,16,20)(H,18,19). The summed E-state index contributed by atoms with van der Waals surface area (Å²) in [6, 6.07) is 0.512. The van der Waals surface area contributed by atoms with Crippen molar-refractivity contribution in [1.29, 1.82) is 0 Å². The van der Waals surface area contributed by atoms with E-state index in [4.69, 9.17) is 0 Å². The van der Waals surface area contributed by atoms with Crippen LogP contribution in [0, 0.1) is 0 Å². The van der Waals surface area contributed by atoms with Gasteiger partial charge >= 0.3 is 0 Å². The van der Waals surface area contributed by atoms with E-state index >= 15 is 0 Å². The minimum atomic E-state index is -0.138. The molecule has 1 saturated carbocycles. The molecule has 0 unspecified atom stereocenters. The molecule has 0 radical (unpaired) electrons. The van der Waals surface area contributed by atoms with Gasteiger partial charge in [0.15, 0.2) is 0 Å². The first-order valence-electron chi connectivity index (χ1n) is 7.66. The Morgan fingerprint density at radius 2 is 2.05 bits per heavy atom. The van der Waals surface area contributed by atoms with Gasteiger partial charge in [-0.05, 0) is 19.3 Å². The maximum atomic E-state index is 11.8. The van der Waals surface area contributed by atoms with Gasteiger partial charge in [0.1, 0.15) is 11.5 Å². The molecule has 0 saturated heterocycles. The largest absolute Gasteiger partial charge is 0.366 e. The van der Waals surface area contributed by atoms with Crippen LogP contribution in [0.1, 0.15) is 62.4 Å². The first kappa shape index (κ1) is 14.8. The maximum Gasteiger partial charge on any atom is 0.271 e. The molecule has 1 aliphatic carbocycles. The Bertz CT molecular complexity index is 412. The van der Waals surface area contributed by atoms with Gasteiger partial charge in [0.2, 0.25) is 0 Å². The molecular formula is C15H24N4O. The third-order valence-electron chi connectivity index (χ3n) is 3.66. The summed E-state index contributed by atoms with van der Waals surface area (Å²) in [5, 5.41) is 6.23. The Kier molecular flexibility index (Phi) is 5.77. The highest BCUT2D eigenvalue weighted by Crippen LogP contribution is 2.20. The lowest BCUT2D eigenvalue weighted by Gasteiger charge is -2.12. The lowest BCUT2D eigenvalue weighted by atomic mass is 10.2. The highest BCUT2D eigenvalue weighted by Gasteiger charge is 2.15. The Balaban J connectivity index is 1.79.